The minimum absolute atomic E-state index is 0.0293. The fourth-order valence-corrected chi connectivity index (χ4v) is 2.08. The number of nitro benzene ring substituents is 1. The fourth-order valence-electron chi connectivity index (χ4n) is 1.64. The summed E-state index contributed by atoms with van der Waals surface area (Å²) in [4.78, 5) is 10.0. The largest absolute Gasteiger partial charge is 0.502 e. The van der Waals surface area contributed by atoms with Crippen LogP contribution in [-0.4, -0.2) is 15.4 Å². The zero-order chi connectivity index (χ0) is 11.2. The summed E-state index contributed by atoms with van der Waals surface area (Å²) in [5.41, 5.74) is 0.372. The van der Waals surface area contributed by atoms with Gasteiger partial charge in [-0.15, -0.1) is 11.6 Å². The first-order chi connectivity index (χ1) is 6.95. The second-order valence-corrected chi connectivity index (χ2v) is 4.58. The van der Waals surface area contributed by atoms with Gasteiger partial charge in [-0.3, -0.25) is 10.1 Å². The summed E-state index contributed by atoms with van der Waals surface area (Å²) in [6, 6.07) is 4.43. The number of hydrogen-bond donors (Lipinski definition) is 1. The van der Waals surface area contributed by atoms with E-state index in [-0.39, 0.29) is 22.2 Å². The molecule has 1 fully saturated rings. The van der Waals surface area contributed by atoms with Crippen LogP contribution in [0, 0.1) is 10.1 Å². The molecular formula is C10H10ClNO3. The predicted octanol–water partition coefficient (Wildman–Crippen LogP) is 2.57. The average Bonchev–Trinajstić information content (AvgIpc) is 2.76. The number of halogens is 1. The molecular weight excluding hydrogens is 218 g/mol. The Morgan fingerprint density at radius 2 is 2.27 bits per heavy atom. The molecule has 80 valence electrons. The van der Waals surface area contributed by atoms with Crippen LogP contribution in [-0.2, 0) is 5.41 Å². The molecule has 0 saturated heterocycles. The Labute approximate surface area is 91.6 Å². The van der Waals surface area contributed by atoms with Gasteiger partial charge in [-0.25, -0.2) is 0 Å². The molecule has 1 N–H and O–H groups in total. The first-order valence-corrected chi connectivity index (χ1v) is 5.01. The molecule has 5 heteroatoms. The van der Waals surface area contributed by atoms with Crippen LogP contribution in [0.3, 0.4) is 0 Å². The molecule has 0 unspecified atom stereocenters. The summed E-state index contributed by atoms with van der Waals surface area (Å²) in [7, 11) is 0. The molecule has 1 saturated carbocycles. The molecule has 0 heterocycles. The van der Waals surface area contributed by atoms with E-state index in [0.717, 1.165) is 12.0 Å². The van der Waals surface area contributed by atoms with Gasteiger partial charge in [0.25, 0.3) is 0 Å². The van der Waals surface area contributed by atoms with Crippen LogP contribution >= 0.6 is 11.6 Å². The van der Waals surface area contributed by atoms with E-state index in [9.17, 15) is 15.2 Å². The number of phenols is 1. The van der Waals surface area contributed by atoms with Crippen LogP contribution in [0.4, 0.5) is 5.69 Å². The standard InChI is InChI=1S/C10H10ClNO3/c1-10(5-9(10)11)6-2-3-8(13)7(4-6)12(14)15/h2-4,9,13H,5H2,1H3/t9-,10-/m1/s1. The van der Waals surface area contributed by atoms with Crippen molar-refractivity contribution in [2.75, 3.05) is 0 Å². The smallest absolute Gasteiger partial charge is 0.310 e. The summed E-state index contributed by atoms with van der Waals surface area (Å²) in [6.45, 7) is 1.96. The van der Waals surface area contributed by atoms with E-state index in [1.807, 2.05) is 6.92 Å². The maximum absolute atomic E-state index is 10.6. The Morgan fingerprint density at radius 3 is 2.73 bits per heavy atom. The topological polar surface area (TPSA) is 63.4 Å². The molecule has 1 aliphatic rings. The minimum atomic E-state index is -0.589. The van der Waals surface area contributed by atoms with E-state index in [1.165, 1.54) is 12.1 Å². The van der Waals surface area contributed by atoms with E-state index < -0.39 is 4.92 Å². The Bertz CT molecular complexity index is 435. The van der Waals surface area contributed by atoms with Crippen LogP contribution in [0.15, 0.2) is 18.2 Å². The third kappa shape index (κ3) is 1.55. The Hall–Kier alpha value is -1.29. The quantitative estimate of drug-likeness (QED) is 0.480. The molecule has 0 spiro atoms. The highest BCUT2D eigenvalue weighted by Crippen LogP contribution is 2.52. The summed E-state index contributed by atoms with van der Waals surface area (Å²) in [5.74, 6) is -0.306. The molecule has 15 heavy (non-hydrogen) atoms. The van der Waals surface area contributed by atoms with Gasteiger partial charge in [-0.1, -0.05) is 13.0 Å². The van der Waals surface area contributed by atoms with E-state index in [2.05, 4.69) is 0 Å². The third-order valence-electron chi connectivity index (χ3n) is 2.97. The van der Waals surface area contributed by atoms with Crippen molar-refractivity contribution in [2.45, 2.75) is 24.1 Å². The van der Waals surface area contributed by atoms with Crippen molar-refractivity contribution in [3.8, 4) is 5.75 Å². The lowest BCUT2D eigenvalue weighted by Crippen LogP contribution is -2.04. The van der Waals surface area contributed by atoms with Gasteiger partial charge < -0.3 is 5.11 Å². The molecule has 1 aromatic carbocycles. The van der Waals surface area contributed by atoms with Crippen LogP contribution in [0.1, 0.15) is 18.9 Å². The Morgan fingerprint density at radius 1 is 1.67 bits per heavy atom. The van der Waals surface area contributed by atoms with E-state index in [1.54, 1.807) is 6.07 Å². The van der Waals surface area contributed by atoms with Gasteiger partial charge in [0.2, 0.25) is 0 Å². The molecule has 0 radical (unpaired) electrons. The predicted molar refractivity (Wildman–Crippen MR) is 56.4 cm³/mol. The average molecular weight is 228 g/mol. The molecule has 0 aliphatic heterocycles. The minimum Gasteiger partial charge on any atom is -0.502 e. The van der Waals surface area contributed by atoms with Crippen LogP contribution in [0.2, 0.25) is 0 Å². The Balaban J connectivity index is 2.44. The third-order valence-corrected chi connectivity index (χ3v) is 3.60. The Kier molecular flexibility index (Phi) is 2.12. The van der Waals surface area contributed by atoms with Crippen molar-refractivity contribution >= 4 is 17.3 Å². The van der Waals surface area contributed by atoms with Gasteiger partial charge in [0, 0.05) is 16.9 Å². The van der Waals surface area contributed by atoms with Gasteiger partial charge in [-0.05, 0) is 18.1 Å². The number of nitro groups is 1. The summed E-state index contributed by atoms with van der Waals surface area (Å²) in [5, 5.41) is 19.9. The molecule has 4 nitrogen and oxygen atoms in total. The van der Waals surface area contributed by atoms with Gasteiger partial charge in [0.1, 0.15) is 0 Å². The SMILES string of the molecule is C[C@]1(c2ccc(O)c([N+](=O)[O-])c2)C[C@H]1Cl. The number of aromatic hydroxyl groups is 1. The van der Waals surface area contributed by atoms with Gasteiger partial charge in [0.05, 0.1) is 4.92 Å². The summed E-state index contributed by atoms with van der Waals surface area (Å²) >= 11 is 5.97. The van der Waals surface area contributed by atoms with Crippen LogP contribution < -0.4 is 0 Å². The first kappa shape index (κ1) is 10.2. The molecule has 0 bridgehead atoms. The zero-order valence-electron chi connectivity index (χ0n) is 8.11. The molecule has 0 aromatic heterocycles. The van der Waals surface area contributed by atoms with Crippen molar-refractivity contribution in [1.82, 2.24) is 0 Å². The monoisotopic (exact) mass is 227 g/mol. The van der Waals surface area contributed by atoms with E-state index in [4.69, 9.17) is 11.6 Å². The summed E-state index contributed by atoms with van der Waals surface area (Å²) < 4.78 is 0. The number of alkyl halides is 1. The number of rotatable bonds is 2. The van der Waals surface area contributed by atoms with Crippen molar-refractivity contribution in [3.63, 3.8) is 0 Å². The fraction of sp³-hybridized carbons (Fsp3) is 0.400. The molecule has 1 aliphatic carbocycles. The van der Waals surface area contributed by atoms with Crippen molar-refractivity contribution < 1.29 is 10.0 Å². The first-order valence-electron chi connectivity index (χ1n) is 4.57. The van der Waals surface area contributed by atoms with Gasteiger partial charge >= 0.3 is 5.69 Å². The number of phenolic OH excluding ortho intramolecular Hbond substituents is 1. The van der Waals surface area contributed by atoms with Crippen LogP contribution in [0.5, 0.6) is 5.75 Å². The second kappa shape index (κ2) is 3.10. The number of benzene rings is 1. The molecule has 1 aromatic rings. The normalized spacial score (nSPS) is 28.8. The molecule has 2 rings (SSSR count). The van der Waals surface area contributed by atoms with E-state index >= 15 is 0 Å². The van der Waals surface area contributed by atoms with Crippen LogP contribution in [0.25, 0.3) is 0 Å². The summed E-state index contributed by atoms with van der Waals surface area (Å²) in [6.07, 6.45) is 0.816. The zero-order valence-corrected chi connectivity index (χ0v) is 8.86. The lowest BCUT2D eigenvalue weighted by Gasteiger charge is -2.09. The van der Waals surface area contributed by atoms with Crippen molar-refractivity contribution in [2.24, 2.45) is 0 Å². The van der Waals surface area contributed by atoms with Gasteiger partial charge in [-0.2, -0.15) is 0 Å². The highest BCUT2D eigenvalue weighted by atomic mass is 35.5. The number of hydrogen-bond acceptors (Lipinski definition) is 3. The number of nitrogens with zero attached hydrogens (tertiary/aromatic N) is 1. The van der Waals surface area contributed by atoms with Crippen molar-refractivity contribution in [3.05, 3.63) is 33.9 Å². The lowest BCUT2D eigenvalue weighted by atomic mass is 9.98. The lowest BCUT2D eigenvalue weighted by molar-refractivity contribution is -0.385. The van der Waals surface area contributed by atoms with Crippen molar-refractivity contribution in [1.29, 1.82) is 0 Å². The van der Waals surface area contributed by atoms with E-state index in [0.29, 0.717) is 0 Å². The molecule has 0 amide bonds. The highest BCUT2D eigenvalue weighted by molar-refractivity contribution is 6.23. The second-order valence-electron chi connectivity index (χ2n) is 4.05. The maximum atomic E-state index is 10.6. The highest BCUT2D eigenvalue weighted by Gasteiger charge is 2.50. The van der Waals surface area contributed by atoms with Gasteiger partial charge in [0.15, 0.2) is 5.75 Å². The molecule has 2 atom stereocenters. The maximum Gasteiger partial charge on any atom is 0.310 e.